The molecule has 0 aromatic heterocycles. The Morgan fingerprint density at radius 2 is 1.83 bits per heavy atom. The molecule has 23 heavy (non-hydrogen) atoms. The third kappa shape index (κ3) is 4.00. The van der Waals surface area contributed by atoms with Gasteiger partial charge in [0.15, 0.2) is 0 Å². The van der Waals surface area contributed by atoms with Gasteiger partial charge in [0.05, 0.1) is 37.6 Å². The summed E-state index contributed by atoms with van der Waals surface area (Å²) in [6.45, 7) is 3.91. The van der Waals surface area contributed by atoms with Crippen LogP contribution in [-0.4, -0.2) is 45.4 Å². The van der Waals surface area contributed by atoms with Gasteiger partial charge in [0.25, 0.3) is 0 Å². The molecular formula is C17H24FN2O2S+. The fourth-order valence-electron chi connectivity index (χ4n) is 3.45. The molecule has 0 spiro atoms. The van der Waals surface area contributed by atoms with Crippen molar-refractivity contribution in [1.29, 1.82) is 0 Å². The van der Waals surface area contributed by atoms with Crippen LogP contribution in [0.4, 0.5) is 4.39 Å². The van der Waals surface area contributed by atoms with Crippen molar-refractivity contribution in [2.45, 2.75) is 24.2 Å². The molecule has 3 rings (SSSR count). The number of halogens is 1. The van der Waals surface area contributed by atoms with Crippen LogP contribution in [0, 0.1) is 11.7 Å². The number of quaternary nitrogens is 1. The van der Waals surface area contributed by atoms with Crippen LogP contribution in [0.15, 0.2) is 41.3 Å². The van der Waals surface area contributed by atoms with E-state index in [4.69, 9.17) is 0 Å². The normalized spacial score (nSPS) is 24.0. The number of piperazine rings is 1. The first-order chi connectivity index (χ1) is 11.1. The summed E-state index contributed by atoms with van der Waals surface area (Å²) >= 11 is 0. The van der Waals surface area contributed by atoms with E-state index in [0.717, 1.165) is 32.0 Å². The number of hydrogen-bond acceptors (Lipinski definition) is 2. The van der Waals surface area contributed by atoms with E-state index in [0.29, 0.717) is 13.1 Å². The number of nitrogens with one attached hydrogen (secondary N) is 1. The van der Waals surface area contributed by atoms with Gasteiger partial charge in [0.2, 0.25) is 10.0 Å². The van der Waals surface area contributed by atoms with Gasteiger partial charge in [0.1, 0.15) is 5.82 Å². The number of benzene rings is 1. The molecule has 1 aliphatic carbocycles. The van der Waals surface area contributed by atoms with E-state index >= 15 is 0 Å². The quantitative estimate of drug-likeness (QED) is 0.834. The van der Waals surface area contributed by atoms with Gasteiger partial charge in [-0.3, -0.25) is 0 Å². The lowest BCUT2D eigenvalue weighted by Crippen LogP contribution is -3.15. The van der Waals surface area contributed by atoms with Gasteiger partial charge >= 0.3 is 0 Å². The monoisotopic (exact) mass is 339 g/mol. The number of sulfonamides is 1. The molecule has 0 amide bonds. The standard InChI is InChI=1S/C17H23FN2O2S/c18-16-6-8-17(9-7-16)23(21,22)20-12-10-19(11-13-20)14-15-4-2-1-3-5-15/h1-2,6-9,15H,3-5,10-14H2/p+1. The molecule has 1 fully saturated rings. The zero-order chi connectivity index (χ0) is 16.3. The number of hydrogen-bond donors (Lipinski definition) is 1. The van der Waals surface area contributed by atoms with E-state index in [1.807, 2.05) is 0 Å². The Balaban J connectivity index is 1.57. The van der Waals surface area contributed by atoms with Crippen molar-refractivity contribution in [3.8, 4) is 0 Å². The molecule has 1 saturated heterocycles. The molecule has 1 heterocycles. The number of nitrogens with zero attached hydrogens (tertiary/aromatic N) is 1. The second kappa shape index (κ2) is 7.11. The van der Waals surface area contributed by atoms with Crippen LogP contribution < -0.4 is 4.90 Å². The molecule has 126 valence electrons. The third-order valence-electron chi connectivity index (χ3n) is 4.84. The Morgan fingerprint density at radius 3 is 2.43 bits per heavy atom. The molecule has 4 nitrogen and oxygen atoms in total. The van der Waals surface area contributed by atoms with Gasteiger partial charge in [0, 0.05) is 5.92 Å². The summed E-state index contributed by atoms with van der Waals surface area (Å²) < 4.78 is 39.7. The topological polar surface area (TPSA) is 41.8 Å². The van der Waals surface area contributed by atoms with Crippen molar-refractivity contribution in [1.82, 2.24) is 4.31 Å². The Hall–Kier alpha value is -1.24. The van der Waals surface area contributed by atoms with Gasteiger partial charge in [-0.1, -0.05) is 12.2 Å². The predicted molar refractivity (Wildman–Crippen MR) is 87.2 cm³/mol. The van der Waals surface area contributed by atoms with Crippen LogP contribution in [0.3, 0.4) is 0 Å². The van der Waals surface area contributed by atoms with Crippen molar-refractivity contribution in [2.75, 3.05) is 32.7 Å². The maximum Gasteiger partial charge on any atom is 0.243 e. The Morgan fingerprint density at radius 1 is 1.13 bits per heavy atom. The molecule has 1 aliphatic heterocycles. The summed E-state index contributed by atoms with van der Waals surface area (Å²) in [6.07, 6.45) is 8.09. The lowest BCUT2D eigenvalue weighted by atomic mass is 9.94. The maximum atomic E-state index is 13.0. The van der Waals surface area contributed by atoms with Gasteiger partial charge in [-0.05, 0) is 43.5 Å². The highest BCUT2D eigenvalue weighted by Gasteiger charge is 2.31. The molecule has 1 unspecified atom stereocenters. The zero-order valence-electron chi connectivity index (χ0n) is 13.2. The average molecular weight is 339 g/mol. The summed E-state index contributed by atoms with van der Waals surface area (Å²) in [4.78, 5) is 1.68. The highest BCUT2D eigenvalue weighted by molar-refractivity contribution is 7.89. The molecule has 1 atom stereocenters. The third-order valence-corrected chi connectivity index (χ3v) is 6.75. The van der Waals surface area contributed by atoms with Gasteiger partial charge in [-0.25, -0.2) is 12.8 Å². The van der Waals surface area contributed by atoms with Crippen LogP contribution in [0.1, 0.15) is 19.3 Å². The predicted octanol–water partition coefficient (Wildman–Crippen LogP) is 1.07. The highest BCUT2D eigenvalue weighted by atomic mass is 32.2. The minimum atomic E-state index is -3.49. The SMILES string of the molecule is O=S(=O)(c1ccc(F)cc1)N1CC[NH+](CC2CC=CCC2)CC1. The van der Waals surface area contributed by atoms with E-state index in [1.165, 1.54) is 46.3 Å². The van der Waals surface area contributed by atoms with Crippen molar-refractivity contribution < 1.29 is 17.7 Å². The molecule has 1 N–H and O–H groups in total. The first-order valence-corrected chi connectivity index (χ1v) is 9.74. The Labute approximate surface area is 137 Å². The van der Waals surface area contributed by atoms with Crippen LogP contribution in [0.25, 0.3) is 0 Å². The summed E-state index contributed by atoms with van der Waals surface area (Å²) in [6, 6.07) is 5.09. The van der Waals surface area contributed by atoms with Gasteiger partial charge in [-0.15, -0.1) is 0 Å². The largest absolute Gasteiger partial charge is 0.333 e. The van der Waals surface area contributed by atoms with Crippen molar-refractivity contribution >= 4 is 10.0 Å². The van der Waals surface area contributed by atoms with Gasteiger partial charge < -0.3 is 4.90 Å². The van der Waals surface area contributed by atoms with E-state index in [-0.39, 0.29) is 4.90 Å². The van der Waals surface area contributed by atoms with Crippen LogP contribution >= 0.6 is 0 Å². The molecule has 6 heteroatoms. The summed E-state index contributed by atoms with van der Waals surface area (Å²) in [5, 5.41) is 0. The lowest BCUT2D eigenvalue weighted by molar-refractivity contribution is -0.907. The fraction of sp³-hybridized carbons (Fsp3) is 0.529. The second-order valence-corrected chi connectivity index (χ2v) is 8.40. The van der Waals surface area contributed by atoms with Gasteiger partial charge in [-0.2, -0.15) is 4.31 Å². The second-order valence-electron chi connectivity index (χ2n) is 6.46. The highest BCUT2D eigenvalue weighted by Crippen LogP contribution is 2.17. The fourth-order valence-corrected chi connectivity index (χ4v) is 4.89. The van der Waals surface area contributed by atoms with Crippen LogP contribution in [0.5, 0.6) is 0 Å². The van der Waals surface area contributed by atoms with E-state index < -0.39 is 15.8 Å². The van der Waals surface area contributed by atoms with E-state index in [1.54, 1.807) is 0 Å². The first-order valence-electron chi connectivity index (χ1n) is 8.30. The molecule has 0 radical (unpaired) electrons. The zero-order valence-corrected chi connectivity index (χ0v) is 14.1. The summed E-state index contributed by atoms with van der Waals surface area (Å²) in [7, 11) is -3.49. The maximum absolute atomic E-state index is 13.0. The molecule has 1 aromatic rings. The van der Waals surface area contributed by atoms with E-state index in [2.05, 4.69) is 12.2 Å². The Bertz CT molecular complexity index is 650. The summed E-state index contributed by atoms with van der Waals surface area (Å²) in [5.74, 6) is 0.315. The van der Waals surface area contributed by atoms with Crippen molar-refractivity contribution in [2.24, 2.45) is 5.92 Å². The summed E-state index contributed by atoms with van der Waals surface area (Å²) in [5.41, 5.74) is 0. The van der Waals surface area contributed by atoms with Crippen LogP contribution in [-0.2, 0) is 10.0 Å². The molecule has 2 aliphatic rings. The van der Waals surface area contributed by atoms with Crippen molar-refractivity contribution in [3.05, 3.63) is 42.2 Å². The first kappa shape index (κ1) is 16.6. The molecule has 0 bridgehead atoms. The molecule has 1 aromatic carbocycles. The molecular weight excluding hydrogens is 315 g/mol. The minimum absolute atomic E-state index is 0.180. The minimum Gasteiger partial charge on any atom is -0.333 e. The smallest absolute Gasteiger partial charge is 0.243 e. The van der Waals surface area contributed by atoms with Crippen LogP contribution in [0.2, 0.25) is 0 Å². The number of allylic oxidation sites excluding steroid dienone is 2. The average Bonchev–Trinajstić information content (AvgIpc) is 2.57. The lowest BCUT2D eigenvalue weighted by Gasteiger charge is -2.33. The van der Waals surface area contributed by atoms with Crippen molar-refractivity contribution in [3.63, 3.8) is 0 Å². The van der Waals surface area contributed by atoms with E-state index in [9.17, 15) is 12.8 Å². The number of rotatable bonds is 4. The Kier molecular flexibility index (Phi) is 5.14. The molecule has 0 saturated carbocycles.